The van der Waals surface area contributed by atoms with E-state index in [2.05, 4.69) is 11.9 Å². The van der Waals surface area contributed by atoms with Crippen LogP contribution in [0.25, 0.3) is 0 Å². The van der Waals surface area contributed by atoms with E-state index in [9.17, 15) is 4.79 Å². The number of nitrogens with zero attached hydrogens (tertiary/aromatic N) is 3. The van der Waals surface area contributed by atoms with Crippen molar-refractivity contribution in [3.63, 3.8) is 0 Å². The summed E-state index contributed by atoms with van der Waals surface area (Å²) in [5, 5.41) is 0. The maximum atomic E-state index is 12.0. The van der Waals surface area contributed by atoms with Gasteiger partial charge in [-0.15, -0.1) is 0 Å². The minimum Gasteiger partial charge on any atom is -0.303 e. The lowest BCUT2D eigenvalue weighted by atomic mass is 10.3. The summed E-state index contributed by atoms with van der Waals surface area (Å²) in [7, 11) is 6.04. The maximum Gasteiger partial charge on any atom is 0.418 e. The van der Waals surface area contributed by atoms with Crippen LogP contribution in [-0.2, 0) is 0 Å². The normalized spacial score (nSPS) is 19.9. The molecule has 1 aliphatic heterocycles. The van der Waals surface area contributed by atoms with E-state index >= 15 is 0 Å². The summed E-state index contributed by atoms with van der Waals surface area (Å²) in [6.07, 6.45) is 0. The smallest absolute Gasteiger partial charge is 0.303 e. The minimum absolute atomic E-state index is 0.251. The van der Waals surface area contributed by atoms with E-state index in [1.54, 1.807) is 0 Å². The molecule has 1 heterocycles. The Balaban J connectivity index is 2.54. The van der Waals surface area contributed by atoms with Crippen LogP contribution >= 0.6 is 0 Å². The topological polar surface area (TPSA) is 23.6 Å². The lowest BCUT2D eigenvalue weighted by Gasteiger charge is -2.36. The highest BCUT2D eigenvalue weighted by atomic mass is 16.2. The number of urea groups is 1. The fraction of sp³-hybridized carbons (Fsp3) is 0.900. The molecule has 1 saturated heterocycles. The highest BCUT2D eigenvalue weighted by Gasteiger charge is 2.31. The number of carbonyl (C=O) groups is 1. The molecule has 0 atom stereocenters. The van der Waals surface area contributed by atoms with Crippen molar-refractivity contribution in [1.82, 2.24) is 9.80 Å². The van der Waals surface area contributed by atoms with Crippen molar-refractivity contribution in [2.45, 2.75) is 6.92 Å². The number of amides is 2. The lowest BCUT2D eigenvalue weighted by Crippen LogP contribution is -2.57. The highest BCUT2D eigenvalue weighted by Crippen LogP contribution is 2.08. The van der Waals surface area contributed by atoms with Gasteiger partial charge >= 0.3 is 6.03 Å². The Morgan fingerprint density at radius 1 is 1.21 bits per heavy atom. The zero-order valence-corrected chi connectivity index (χ0v) is 9.79. The molecule has 4 heteroatoms. The molecule has 0 spiro atoms. The molecular formula is C10H22N3O+. The van der Waals surface area contributed by atoms with Crippen LogP contribution in [0.15, 0.2) is 0 Å². The van der Waals surface area contributed by atoms with Crippen LogP contribution in [0.5, 0.6) is 0 Å². The van der Waals surface area contributed by atoms with E-state index in [4.69, 9.17) is 0 Å². The standard InChI is InChI=1S/C10H22N3O/c1-5-13(3,4)10(14)12-8-6-11(2)7-9-12/h5-9H2,1-4H3/q+1. The van der Waals surface area contributed by atoms with Crippen molar-refractivity contribution in [3.05, 3.63) is 0 Å². The van der Waals surface area contributed by atoms with E-state index in [0.717, 1.165) is 32.7 Å². The van der Waals surface area contributed by atoms with Gasteiger partial charge in [0.05, 0.1) is 20.6 Å². The predicted molar refractivity (Wildman–Crippen MR) is 57.1 cm³/mol. The molecule has 0 unspecified atom stereocenters. The Bertz CT molecular complexity index is 207. The summed E-state index contributed by atoms with van der Waals surface area (Å²) in [6, 6.07) is 0.251. The average molecular weight is 200 g/mol. The van der Waals surface area contributed by atoms with Crippen LogP contribution in [0.4, 0.5) is 4.79 Å². The number of carbonyl (C=O) groups excluding carboxylic acids is 1. The van der Waals surface area contributed by atoms with E-state index in [1.165, 1.54) is 0 Å². The average Bonchev–Trinajstić information content (AvgIpc) is 2.18. The zero-order valence-electron chi connectivity index (χ0n) is 9.79. The molecule has 0 radical (unpaired) electrons. The minimum atomic E-state index is 0.251. The summed E-state index contributed by atoms with van der Waals surface area (Å²) < 4.78 is 0.462. The van der Waals surface area contributed by atoms with E-state index in [0.29, 0.717) is 4.48 Å². The first-order valence-electron chi connectivity index (χ1n) is 5.28. The summed E-state index contributed by atoms with van der Waals surface area (Å²) in [5.74, 6) is 0. The van der Waals surface area contributed by atoms with Gasteiger partial charge in [-0.1, -0.05) is 0 Å². The van der Waals surface area contributed by atoms with Crippen molar-refractivity contribution in [3.8, 4) is 0 Å². The number of rotatable bonds is 1. The van der Waals surface area contributed by atoms with Gasteiger partial charge in [-0.05, 0) is 14.0 Å². The van der Waals surface area contributed by atoms with Gasteiger partial charge < -0.3 is 4.90 Å². The van der Waals surface area contributed by atoms with Gasteiger partial charge in [0.2, 0.25) is 0 Å². The largest absolute Gasteiger partial charge is 0.418 e. The Kier molecular flexibility index (Phi) is 3.50. The molecule has 0 bridgehead atoms. The lowest BCUT2D eigenvalue weighted by molar-refractivity contribution is -0.810. The fourth-order valence-corrected chi connectivity index (χ4v) is 1.52. The van der Waals surface area contributed by atoms with Crippen LogP contribution in [0.3, 0.4) is 0 Å². The molecule has 0 N–H and O–H groups in total. The number of likely N-dealkylation sites (N-methyl/N-ethyl adjacent to an activating group) is 1. The molecule has 1 aliphatic rings. The third kappa shape index (κ3) is 2.45. The van der Waals surface area contributed by atoms with Crippen LogP contribution in [0, 0.1) is 0 Å². The summed E-state index contributed by atoms with van der Waals surface area (Å²) in [4.78, 5) is 16.3. The number of quaternary nitrogens is 1. The van der Waals surface area contributed by atoms with Crippen molar-refractivity contribution in [2.24, 2.45) is 0 Å². The Morgan fingerprint density at radius 2 is 1.71 bits per heavy atom. The van der Waals surface area contributed by atoms with Crippen molar-refractivity contribution < 1.29 is 9.28 Å². The molecule has 0 aliphatic carbocycles. The molecule has 2 amide bonds. The van der Waals surface area contributed by atoms with Gasteiger partial charge in [-0.3, -0.25) is 4.90 Å². The molecule has 1 fully saturated rings. The summed E-state index contributed by atoms with van der Waals surface area (Å²) in [6.45, 7) is 6.64. The van der Waals surface area contributed by atoms with Crippen molar-refractivity contribution in [1.29, 1.82) is 0 Å². The van der Waals surface area contributed by atoms with Gasteiger partial charge in [-0.25, -0.2) is 9.28 Å². The number of hydrogen-bond acceptors (Lipinski definition) is 2. The second kappa shape index (κ2) is 4.28. The SMILES string of the molecule is CC[N+](C)(C)C(=O)N1CCN(C)CC1. The molecule has 1 rings (SSSR count). The van der Waals surface area contributed by atoms with Crippen LogP contribution in [-0.4, -0.2) is 74.2 Å². The molecule has 0 saturated carbocycles. The van der Waals surface area contributed by atoms with Gasteiger partial charge in [-0.2, -0.15) is 0 Å². The first kappa shape index (κ1) is 11.5. The monoisotopic (exact) mass is 200 g/mol. The third-order valence-corrected chi connectivity index (χ3v) is 3.08. The van der Waals surface area contributed by atoms with E-state index in [-0.39, 0.29) is 6.03 Å². The van der Waals surface area contributed by atoms with Crippen LogP contribution < -0.4 is 0 Å². The fourth-order valence-electron chi connectivity index (χ4n) is 1.52. The molecule has 0 aromatic rings. The second-order valence-electron chi connectivity index (χ2n) is 4.57. The second-order valence-corrected chi connectivity index (χ2v) is 4.57. The van der Waals surface area contributed by atoms with Gasteiger partial charge in [0.25, 0.3) is 0 Å². The summed E-state index contributed by atoms with van der Waals surface area (Å²) >= 11 is 0. The Morgan fingerprint density at radius 3 is 2.14 bits per heavy atom. The van der Waals surface area contributed by atoms with Gasteiger partial charge in [0.1, 0.15) is 0 Å². The molecule has 82 valence electrons. The molecular weight excluding hydrogens is 178 g/mol. The quantitative estimate of drug-likeness (QED) is 0.574. The highest BCUT2D eigenvalue weighted by molar-refractivity contribution is 5.67. The first-order valence-corrected chi connectivity index (χ1v) is 5.28. The van der Waals surface area contributed by atoms with Crippen LogP contribution in [0.2, 0.25) is 0 Å². The predicted octanol–water partition coefficient (Wildman–Crippen LogP) is 0.450. The first-order chi connectivity index (χ1) is 6.47. The molecule has 4 nitrogen and oxygen atoms in total. The maximum absolute atomic E-state index is 12.0. The summed E-state index contributed by atoms with van der Waals surface area (Å²) in [5.41, 5.74) is 0. The van der Waals surface area contributed by atoms with Crippen LogP contribution in [0.1, 0.15) is 6.92 Å². The zero-order chi connectivity index (χ0) is 10.8. The number of hydrogen-bond donors (Lipinski definition) is 0. The molecule has 0 aromatic carbocycles. The third-order valence-electron chi connectivity index (χ3n) is 3.08. The van der Waals surface area contributed by atoms with Gasteiger partial charge in [0.15, 0.2) is 0 Å². The van der Waals surface area contributed by atoms with Crippen molar-refractivity contribution >= 4 is 6.03 Å². The number of piperazine rings is 1. The molecule has 14 heavy (non-hydrogen) atoms. The van der Waals surface area contributed by atoms with E-state index < -0.39 is 0 Å². The molecule has 0 aromatic heterocycles. The Labute approximate surface area is 86.7 Å². The van der Waals surface area contributed by atoms with Crippen molar-refractivity contribution in [2.75, 3.05) is 53.9 Å². The van der Waals surface area contributed by atoms with E-state index in [1.807, 2.05) is 25.9 Å². The Hall–Kier alpha value is -0.610. The van der Waals surface area contributed by atoms with Gasteiger partial charge in [0, 0.05) is 26.2 Å².